The topological polar surface area (TPSA) is 114 Å². The number of rotatable bonds is 11. The Bertz CT molecular complexity index is 1660. The van der Waals surface area contributed by atoms with Gasteiger partial charge in [-0.25, -0.2) is 14.4 Å². The first-order valence-corrected chi connectivity index (χ1v) is 13.7. The van der Waals surface area contributed by atoms with Gasteiger partial charge in [-0.1, -0.05) is 6.20 Å². The van der Waals surface area contributed by atoms with Gasteiger partial charge in [-0.15, -0.1) is 0 Å². The highest BCUT2D eigenvalue weighted by Gasteiger charge is 2.25. The minimum absolute atomic E-state index is 0.0801. The van der Waals surface area contributed by atoms with Crippen molar-refractivity contribution in [3.63, 3.8) is 0 Å². The number of ether oxygens (including phenoxy) is 2. The van der Waals surface area contributed by atoms with Crippen LogP contribution in [0, 0.1) is 11.7 Å². The molecule has 1 aliphatic heterocycles. The predicted octanol–water partition coefficient (Wildman–Crippen LogP) is 4.87. The molecule has 0 bridgehead atoms. The highest BCUT2D eigenvalue weighted by atomic mass is 19.1. The Hall–Kier alpha value is -4.25. The van der Waals surface area contributed by atoms with E-state index in [1.165, 1.54) is 18.9 Å². The minimum Gasteiger partial charge on any atom is -0.486 e. The number of imidazole rings is 1. The molecule has 0 radical (unpaired) electrons. The lowest BCUT2D eigenvalue weighted by Crippen LogP contribution is -2.21. The van der Waals surface area contributed by atoms with E-state index in [1.807, 2.05) is 6.07 Å². The molecule has 4 aromatic heterocycles. The smallest absolute Gasteiger partial charge is 0.196 e. The maximum atomic E-state index is 13.9. The molecule has 10 nitrogen and oxygen atoms in total. The summed E-state index contributed by atoms with van der Waals surface area (Å²) < 4.78 is 33.8. The summed E-state index contributed by atoms with van der Waals surface area (Å²) >= 11 is 0. The molecule has 40 heavy (non-hydrogen) atoms. The number of oxazole rings is 1. The molecule has 0 saturated heterocycles. The maximum Gasteiger partial charge on any atom is 0.196 e. The number of aromatic nitrogens is 5. The highest BCUT2D eigenvalue weighted by Crippen LogP contribution is 2.37. The zero-order valence-corrected chi connectivity index (χ0v) is 22.0. The van der Waals surface area contributed by atoms with Crippen molar-refractivity contribution in [3.8, 4) is 11.5 Å². The van der Waals surface area contributed by atoms with Gasteiger partial charge in [0, 0.05) is 50.8 Å². The second kappa shape index (κ2) is 10.7. The van der Waals surface area contributed by atoms with Gasteiger partial charge in [0.05, 0.1) is 16.7 Å². The Morgan fingerprint density at radius 2 is 1.85 bits per heavy atom. The molecule has 0 atom stereocenters. The normalized spacial score (nSPS) is 14.7. The first kappa shape index (κ1) is 24.8. The molecule has 5 aromatic rings. The molecule has 1 aliphatic carbocycles. The third kappa shape index (κ3) is 5.16. The van der Waals surface area contributed by atoms with E-state index in [2.05, 4.69) is 36.2 Å². The van der Waals surface area contributed by atoms with Crippen LogP contribution in [0.1, 0.15) is 30.3 Å². The van der Waals surface area contributed by atoms with Crippen molar-refractivity contribution in [2.24, 2.45) is 5.92 Å². The average Bonchev–Trinajstić information content (AvgIpc) is 3.60. The maximum absolute atomic E-state index is 13.9. The van der Waals surface area contributed by atoms with Gasteiger partial charge in [-0.05, 0) is 49.3 Å². The van der Waals surface area contributed by atoms with E-state index in [1.54, 1.807) is 24.5 Å². The zero-order valence-electron chi connectivity index (χ0n) is 22.0. The Kier molecular flexibility index (Phi) is 6.64. The number of halogens is 1. The number of hydrogen-bond acceptors (Lipinski definition) is 8. The lowest BCUT2D eigenvalue weighted by atomic mass is 10.2. The summed E-state index contributed by atoms with van der Waals surface area (Å²) in [6.45, 7) is 3.68. The van der Waals surface area contributed by atoms with Gasteiger partial charge in [0.15, 0.2) is 23.0 Å². The number of nitrogens with one attached hydrogen (secondary N) is 1. The Morgan fingerprint density at radius 3 is 2.70 bits per heavy atom. The minimum atomic E-state index is -0.393. The monoisotopic (exact) mass is 542 g/mol. The standard InChI is InChI=1S/C29H29FN7O3/c30-19-2-1-8-32-21(19)16-34-29-28-23(5-11-33-29)40-27(36-28)7-10-31-9-6-26-35-20-14-24-25(39-13-12-38-24)15-22(20)37(26)17-18-3-4-18/h1-2,5,8,11,14-15,18,31H,3-4,6-7,9-10,12-13,16-17H2/q-1. The summed E-state index contributed by atoms with van der Waals surface area (Å²) in [6.07, 6.45) is 7.13. The fourth-order valence-electron chi connectivity index (χ4n) is 4.98. The van der Waals surface area contributed by atoms with Crippen LogP contribution in [0.3, 0.4) is 0 Å². The van der Waals surface area contributed by atoms with Crippen LogP contribution >= 0.6 is 0 Å². The van der Waals surface area contributed by atoms with Gasteiger partial charge in [-0.3, -0.25) is 4.98 Å². The second-order valence-corrected chi connectivity index (χ2v) is 10.2. The Labute approximate surface area is 229 Å². The van der Waals surface area contributed by atoms with Crippen LogP contribution < -0.4 is 14.8 Å². The average molecular weight is 543 g/mol. The van der Waals surface area contributed by atoms with Crippen LogP contribution in [0.25, 0.3) is 27.4 Å². The molecule has 206 valence electrons. The third-order valence-electron chi connectivity index (χ3n) is 7.22. The molecular weight excluding hydrogens is 513 g/mol. The number of nitrogens with zero attached hydrogens (tertiary/aromatic N) is 6. The van der Waals surface area contributed by atoms with E-state index in [-0.39, 0.29) is 12.2 Å². The summed E-state index contributed by atoms with van der Waals surface area (Å²) in [5.74, 6) is 3.99. The summed E-state index contributed by atoms with van der Waals surface area (Å²) in [7, 11) is 0. The van der Waals surface area contributed by atoms with E-state index in [4.69, 9.17) is 18.9 Å². The van der Waals surface area contributed by atoms with Crippen LogP contribution in [-0.4, -0.2) is 50.8 Å². The number of fused-ring (bicyclic) bond motifs is 3. The van der Waals surface area contributed by atoms with Crippen molar-refractivity contribution < 1.29 is 18.3 Å². The quantitative estimate of drug-likeness (QED) is 0.235. The first-order valence-electron chi connectivity index (χ1n) is 13.7. The molecule has 7 rings (SSSR count). The second-order valence-electron chi connectivity index (χ2n) is 10.2. The third-order valence-corrected chi connectivity index (χ3v) is 7.22. The molecular formula is C29H29FN7O3-. The number of benzene rings is 1. The van der Waals surface area contributed by atoms with E-state index >= 15 is 0 Å². The molecule has 1 saturated carbocycles. The van der Waals surface area contributed by atoms with Gasteiger partial charge in [-0.2, -0.15) is 0 Å². The zero-order chi connectivity index (χ0) is 26.9. The molecule has 5 heterocycles. The van der Waals surface area contributed by atoms with E-state index < -0.39 is 5.82 Å². The highest BCUT2D eigenvalue weighted by molar-refractivity contribution is 5.85. The SMILES string of the molecule is Fc1cccnc1C[N-]c1nccc2oc(CCNCCc3nc4cc5c(cc4n3CC3CC3)OCCO5)nc12. The van der Waals surface area contributed by atoms with Gasteiger partial charge in [0.1, 0.15) is 30.4 Å². The molecule has 1 N–H and O–H groups in total. The molecule has 11 heteroatoms. The van der Waals surface area contributed by atoms with Crippen LogP contribution in [-0.2, 0) is 25.9 Å². The van der Waals surface area contributed by atoms with Crippen molar-refractivity contribution in [3.05, 3.63) is 71.3 Å². The molecule has 2 aliphatic rings. The fraction of sp³-hybridized carbons (Fsp3) is 0.379. The molecule has 0 spiro atoms. The fourth-order valence-corrected chi connectivity index (χ4v) is 4.98. The molecule has 0 unspecified atom stereocenters. The number of pyridine rings is 2. The van der Waals surface area contributed by atoms with E-state index in [9.17, 15) is 4.39 Å². The lowest BCUT2D eigenvalue weighted by Gasteiger charge is -2.18. The summed E-state index contributed by atoms with van der Waals surface area (Å²) in [6, 6.07) is 8.76. The van der Waals surface area contributed by atoms with Gasteiger partial charge >= 0.3 is 0 Å². The van der Waals surface area contributed by atoms with Crippen LogP contribution in [0.2, 0.25) is 0 Å². The Morgan fingerprint density at radius 1 is 1.00 bits per heavy atom. The van der Waals surface area contributed by atoms with Crippen molar-refractivity contribution in [2.75, 3.05) is 26.3 Å². The van der Waals surface area contributed by atoms with Crippen molar-refractivity contribution in [1.82, 2.24) is 29.8 Å². The van der Waals surface area contributed by atoms with Crippen LogP contribution in [0.4, 0.5) is 10.2 Å². The lowest BCUT2D eigenvalue weighted by molar-refractivity contribution is 0.172. The predicted molar refractivity (Wildman–Crippen MR) is 146 cm³/mol. The van der Waals surface area contributed by atoms with Gasteiger partial charge < -0.3 is 34.1 Å². The van der Waals surface area contributed by atoms with Crippen LogP contribution in [0.15, 0.2) is 47.1 Å². The molecule has 1 fully saturated rings. The van der Waals surface area contributed by atoms with Crippen molar-refractivity contribution >= 4 is 28.0 Å². The Balaban J connectivity index is 0.978. The van der Waals surface area contributed by atoms with E-state index in [0.29, 0.717) is 49.0 Å². The largest absolute Gasteiger partial charge is 0.486 e. The van der Waals surface area contributed by atoms with E-state index in [0.717, 1.165) is 53.8 Å². The van der Waals surface area contributed by atoms with Gasteiger partial charge in [0.2, 0.25) is 0 Å². The summed E-state index contributed by atoms with van der Waals surface area (Å²) in [5, 5.41) is 7.92. The molecule has 1 aromatic carbocycles. The van der Waals surface area contributed by atoms with Gasteiger partial charge in [0.25, 0.3) is 0 Å². The number of hydrogen-bond donors (Lipinski definition) is 1. The van der Waals surface area contributed by atoms with Crippen LogP contribution in [0.5, 0.6) is 11.5 Å². The first-order chi connectivity index (χ1) is 19.7. The summed E-state index contributed by atoms with van der Waals surface area (Å²) in [4.78, 5) is 17.9. The summed E-state index contributed by atoms with van der Waals surface area (Å²) in [5.41, 5.74) is 3.50. The molecule has 0 amide bonds. The van der Waals surface area contributed by atoms with Crippen molar-refractivity contribution in [1.29, 1.82) is 0 Å². The van der Waals surface area contributed by atoms with Crippen molar-refractivity contribution in [2.45, 2.75) is 38.8 Å².